The van der Waals surface area contributed by atoms with Crippen LogP contribution >= 0.6 is 11.3 Å². The molecule has 2 aromatic heterocycles. The monoisotopic (exact) mass is 313 g/mol. The number of nitrogens with one attached hydrogen (secondary N) is 1. The highest BCUT2D eigenvalue weighted by atomic mass is 32.1. The van der Waals surface area contributed by atoms with E-state index in [9.17, 15) is 4.79 Å². The lowest BCUT2D eigenvalue weighted by atomic mass is 10.0. The van der Waals surface area contributed by atoms with Crippen molar-refractivity contribution < 1.29 is 4.79 Å². The van der Waals surface area contributed by atoms with E-state index in [0.29, 0.717) is 0 Å². The van der Waals surface area contributed by atoms with Crippen LogP contribution in [0, 0.1) is 5.92 Å². The summed E-state index contributed by atoms with van der Waals surface area (Å²) >= 11 is 1.60. The molecule has 0 fully saturated rings. The van der Waals surface area contributed by atoms with Gasteiger partial charge in [-0.05, 0) is 18.9 Å². The van der Waals surface area contributed by atoms with E-state index in [0.717, 1.165) is 34.7 Å². The lowest BCUT2D eigenvalue weighted by molar-refractivity contribution is -0.120. The van der Waals surface area contributed by atoms with Crippen LogP contribution in [0.3, 0.4) is 0 Å². The van der Waals surface area contributed by atoms with Crippen LogP contribution in [0.1, 0.15) is 26.7 Å². The van der Waals surface area contributed by atoms with Gasteiger partial charge in [0.25, 0.3) is 0 Å². The number of benzene rings is 1. The molecule has 22 heavy (non-hydrogen) atoms. The first-order valence-electron chi connectivity index (χ1n) is 7.55. The van der Waals surface area contributed by atoms with Crippen molar-refractivity contribution in [1.82, 2.24) is 9.38 Å². The number of hydrogen-bond acceptors (Lipinski definition) is 3. The second-order valence-electron chi connectivity index (χ2n) is 5.27. The fraction of sp³-hybridized carbons (Fsp3) is 0.294. The lowest BCUT2D eigenvalue weighted by Crippen LogP contribution is -2.21. The summed E-state index contributed by atoms with van der Waals surface area (Å²) in [6.07, 6.45) is 5.69. The number of rotatable bonds is 5. The Labute approximate surface area is 133 Å². The van der Waals surface area contributed by atoms with Gasteiger partial charge in [-0.3, -0.25) is 9.20 Å². The first kappa shape index (κ1) is 14.8. The number of anilines is 1. The molecule has 0 aliphatic carbocycles. The molecular formula is C17H19N3OS. The Balaban J connectivity index is 1.93. The van der Waals surface area contributed by atoms with Gasteiger partial charge in [-0.15, -0.1) is 11.3 Å². The zero-order valence-corrected chi connectivity index (χ0v) is 13.6. The van der Waals surface area contributed by atoms with Crippen LogP contribution in [0.4, 0.5) is 5.69 Å². The van der Waals surface area contributed by atoms with E-state index in [1.54, 1.807) is 11.3 Å². The zero-order valence-electron chi connectivity index (χ0n) is 12.7. The quantitative estimate of drug-likeness (QED) is 0.757. The number of aromatic nitrogens is 2. The van der Waals surface area contributed by atoms with Crippen molar-refractivity contribution in [3.8, 4) is 11.3 Å². The van der Waals surface area contributed by atoms with Crippen LogP contribution in [0.25, 0.3) is 16.2 Å². The molecule has 4 nitrogen and oxygen atoms in total. The molecule has 0 saturated carbocycles. The van der Waals surface area contributed by atoms with Crippen molar-refractivity contribution in [1.29, 1.82) is 0 Å². The molecule has 0 radical (unpaired) electrons. The molecule has 3 aromatic rings. The molecule has 0 atom stereocenters. The topological polar surface area (TPSA) is 46.4 Å². The third-order valence-corrected chi connectivity index (χ3v) is 4.68. The number of carbonyl (C=O) groups excluding carboxylic acids is 1. The van der Waals surface area contributed by atoms with Crippen molar-refractivity contribution in [2.75, 3.05) is 5.32 Å². The Morgan fingerprint density at radius 2 is 2.09 bits per heavy atom. The minimum Gasteiger partial charge on any atom is -0.325 e. The predicted octanol–water partition coefficient (Wildman–Crippen LogP) is 4.44. The number of carbonyl (C=O) groups is 1. The number of imidazole rings is 1. The first-order chi connectivity index (χ1) is 10.7. The molecule has 0 aliphatic heterocycles. The maximum absolute atomic E-state index is 12.3. The van der Waals surface area contributed by atoms with Crippen LogP contribution in [-0.4, -0.2) is 15.3 Å². The molecule has 5 heteroatoms. The van der Waals surface area contributed by atoms with Crippen molar-refractivity contribution in [3.05, 3.63) is 42.0 Å². The van der Waals surface area contributed by atoms with Crippen molar-refractivity contribution in [3.63, 3.8) is 0 Å². The standard InChI is InChI=1S/C17H19N3OS/c1-3-12(4-2)16(21)18-14-8-6-5-7-13(14)15-11-20-9-10-22-17(20)19-15/h5-12H,3-4H2,1-2H3,(H,18,21). The van der Waals surface area contributed by atoms with Gasteiger partial charge in [-0.25, -0.2) is 4.98 Å². The molecular weight excluding hydrogens is 294 g/mol. The van der Waals surface area contributed by atoms with Gasteiger partial charge in [-0.1, -0.05) is 32.0 Å². The van der Waals surface area contributed by atoms with E-state index in [1.807, 2.05) is 60.3 Å². The Morgan fingerprint density at radius 3 is 2.82 bits per heavy atom. The molecule has 3 rings (SSSR count). The normalized spacial score (nSPS) is 11.2. The number of hydrogen-bond donors (Lipinski definition) is 1. The summed E-state index contributed by atoms with van der Waals surface area (Å²) in [6, 6.07) is 7.83. The molecule has 0 aliphatic rings. The summed E-state index contributed by atoms with van der Waals surface area (Å²) in [5.74, 6) is 0.136. The SMILES string of the molecule is CCC(CC)C(=O)Nc1ccccc1-c1cn2ccsc2n1. The number of thiazole rings is 1. The maximum Gasteiger partial charge on any atom is 0.227 e. The van der Waals surface area contributed by atoms with Gasteiger partial charge in [0.15, 0.2) is 4.96 Å². The minimum absolute atomic E-state index is 0.0542. The maximum atomic E-state index is 12.3. The fourth-order valence-electron chi connectivity index (χ4n) is 2.57. The number of para-hydroxylation sites is 1. The second-order valence-corrected chi connectivity index (χ2v) is 6.14. The molecule has 1 amide bonds. The molecule has 0 saturated heterocycles. The van der Waals surface area contributed by atoms with Crippen molar-refractivity contribution >= 4 is 27.9 Å². The Bertz CT molecular complexity index is 757. The summed E-state index contributed by atoms with van der Waals surface area (Å²) in [4.78, 5) is 17.9. The number of fused-ring (bicyclic) bond motifs is 1. The summed E-state index contributed by atoms with van der Waals surface area (Å²) in [7, 11) is 0. The highest BCUT2D eigenvalue weighted by molar-refractivity contribution is 7.15. The highest BCUT2D eigenvalue weighted by Crippen LogP contribution is 2.29. The average molecular weight is 313 g/mol. The van der Waals surface area contributed by atoms with Gasteiger partial charge < -0.3 is 5.32 Å². The minimum atomic E-state index is 0.0542. The van der Waals surface area contributed by atoms with E-state index in [2.05, 4.69) is 10.3 Å². The van der Waals surface area contributed by atoms with Crippen molar-refractivity contribution in [2.24, 2.45) is 5.92 Å². The number of nitrogens with zero attached hydrogens (tertiary/aromatic N) is 2. The summed E-state index contributed by atoms with van der Waals surface area (Å²) in [6.45, 7) is 4.09. The summed E-state index contributed by atoms with van der Waals surface area (Å²) in [5.41, 5.74) is 2.66. The second kappa shape index (κ2) is 6.32. The van der Waals surface area contributed by atoms with Gasteiger partial charge in [0.2, 0.25) is 5.91 Å². The summed E-state index contributed by atoms with van der Waals surface area (Å²) < 4.78 is 2.00. The molecule has 1 aromatic carbocycles. The van der Waals surface area contributed by atoms with Crippen LogP contribution in [0.5, 0.6) is 0 Å². The largest absolute Gasteiger partial charge is 0.325 e. The average Bonchev–Trinajstić information content (AvgIpc) is 3.10. The van der Waals surface area contributed by atoms with Gasteiger partial charge in [-0.2, -0.15) is 0 Å². The van der Waals surface area contributed by atoms with Crippen LogP contribution in [-0.2, 0) is 4.79 Å². The van der Waals surface area contributed by atoms with Crippen molar-refractivity contribution in [2.45, 2.75) is 26.7 Å². The van der Waals surface area contributed by atoms with Crippen LogP contribution in [0.2, 0.25) is 0 Å². The van der Waals surface area contributed by atoms with E-state index in [1.165, 1.54) is 0 Å². The molecule has 0 spiro atoms. The highest BCUT2D eigenvalue weighted by Gasteiger charge is 2.17. The fourth-order valence-corrected chi connectivity index (χ4v) is 3.27. The summed E-state index contributed by atoms with van der Waals surface area (Å²) in [5, 5.41) is 5.07. The molecule has 1 N–H and O–H groups in total. The number of amides is 1. The van der Waals surface area contributed by atoms with E-state index in [4.69, 9.17) is 0 Å². The van der Waals surface area contributed by atoms with Gasteiger partial charge >= 0.3 is 0 Å². The molecule has 114 valence electrons. The lowest BCUT2D eigenvalue weighted by Gasteiger charge is -2.14. The zero-order chi connectivity index (χ0) is 15.5. The first-order valence-corrected chi connectivity index (χ1v) is 8.43. The van der Waals surface area contributed by atoms with Gasteiger partial charge in [0, 0.05) is 29.3 Å². The molecule has 0 unspecified atom stereocenters. The molecule has 2 heterocycles. The van der Waals surface area contributed by atoms with Crippen LogP contribution < -0.4 is 5.32 Å². The third-order valence-electron chi connectivity index (χ3n) is 3.91. The van der Waals surface area contributed by atoms with Crippen LogP contribution in [0.15, 0.2) is 42.0 Å². The van der Waals surface area contributed by atoms with E-state index >= 15 is 0 Å². The smallest absolute Gasteiger partial charge is 0.227 e. The Hall–Kier alpha value is -2.14. The van der Waals surface area contributed by atoms with E-state index in [-0.39, 0.29) is 11.8 Å². The Morgan fingerprint density at radius 1 is 1.32 bits per heavy atom. The predicted molar refractivity (Wildman–Crippen MR) is 91.2 cm³/mol. The van der Waals surface area contributed by atoms with Gasteiger partial charge in [0.1, 0.15) is 0 Å². The third kappa shape index (κ3) is 2.76. The van der Waals surface area contributed by atoms with Gasteiger partial charge in [0.05, 0.1) is 11.4 Å². The van der Waals surface area contributed by atoms with E-state index < -0.39 is 0 Å². The Kier molecular flexibility index (Phi) is 4.24. The molecule has 0 bridgehead atoms.